The summed E-state index contributed by atoms with van der Waals surface area (Å²) < 4.78 is 1.76. The monoisotopic (exact) mass is 420 g/mol. The zero-order valence-corrected chi connectivity index (χ0v) is 16.9. The summed E-state index contributed by atoms with van der Waals surface area (Å²) in [5.41, 5.74) is 2.40. The Morgan fingerprint density at radius 3 is 2.34 bits per heavy atom. The van der Waals surface area contributed by atoms with Gasteiger partial charge in [0.15, 0.2) is 5.16 Å². The molecule has 144 valence electrons. The Hall–Kier alpha value is -3.09. The number of nitrogens with zero attached hydrogens (tertiary/aromatic N) is 3. The molecular formula is C22H17ClN4OS. The predicted octanol–water partition coefficient (Wildman–Crippen LogP) is 5.38. The van der Waals surface area contributed by atoms with Crippen LogP contribution in [0.15, 0.2) is 95.0 Å². The van der Waals surface area contributed by atoms with Gasteiger partial charge >= 0.3 is 0 Å². The van der Waals surface area contributed by atoms with Gasteiger partial charge in [-0.25, -0.2) is 4.68 Å². The number of benzene rings is 3. The van der Waals surface area contributed by atoms with Gasteiger partial charge in [-0.2, -0.15) is 4.98 Å². The highest BCUT2D eigenvalue weighted by Crippen LogP contribution is 2.33. The van der Waals surface area contributed by atoms with Gasteiger partial charge in [0.1, 0.15) is 0 Å². The Labute approximate surface area is 177 Å². The molecule has 4 aromatic rings. The molecule has 0 saturated heterocycles. The minimum Gasteiger partial charge on any atom is -0.321 e. The molecule has 0 radical (unpaired) electrons. The molecule has 0 atom stereocenters. The van der Waals surface area contributed by atoms with Crippen LogP contribution in [-0.4, -0.2) is 20.7 Å². The van der Waals surface area contributed by atoms with Crippen LogP contribution >= 0.6 is 23.4 Å². The number of aromatic nitrogens is 3. The lowest BCUT2D eigenvalue weighted by Crippen LogP contribution is -2.12. The average molecular weight is 421 g/mol. The van der Waals surface area contributed by atoms with E-state index in [1.165, 1.54) is 11.8 Å². The van der Waals surface area contributed by atoms with Gasteiger partial charge in [0.05, 0.1) is 12.2 Å². The van der Waals surface area contributed by atoms with Crippen molar-refractivity contribution in [2.45, 2.75) is 16.6 Å². The molecule has 0 aliphatic rings. The number of carbonyl (C=O) groups is 1. The summed E-state index contributed by atoms with van der Waals surface area (Å²) >= 11 is 7.48. The quantitative estimate of drug-likeness (QED) is 0.454. The van der Waals surface area contributed by atoms with Gasteiger partial charge < -0.3 is 5.32 Å². The number of hydrogen-bond acceptors (Lipinski definition) is 4. The van der Waals surface area contributed by atoms with Crippen LogP contribution in [0.1, 0.15) is 15.9 Å². The summed E-state index contributed by atoms with van der Waals surface area (Å²) in [5, 5.41) is 8.12. The fraction of sp³-hybridized carbons (Fsp3) is 0.0455. The molecule has 0 aliphatic heterocycles. The highest BCUT2D eigenvalue weighted by atomic mass is 35.5. The van der Waals surface area contributed by atoms with E-state index < -0.39 is 0 Å². The van der Waals surface area contributed by atoms with E-state index in [2.05, 4.69) is 15.4 Å². The Balaban J connectivity index is 1.57. The second-order valence-corrected chi connectivity index (χ2v) is 7.57. The molecule has 5 nitrogen and oxygen atoms in total. The molecule has 0 spiro atoms. The second-order valence-electron chi connectivity index (χ2n) is 6.23. The van der Waals surface area contributed by atoms with Crippen LogP contribution in [-0.2, 0) is 6.54 Å². The molecule has 0 unspecified atom stereocenters. The topological polar surface area (TPSA) is 59.8 Å². The average Bonchev–Trinajstić information content (AvgIpc) is 3.09. The second kappa shape index (κ2) is 8.94. The van der Waals surface area contributed by atoms with Crippen LogP contribution in [0.3, 0.4) is 0 Å². The third kappa shape index (κ3) is 4.85. The Bertz CT molecular complexity index is 1120. The Morgan fingerprint density at radius 1 is 0.931 bits per heavy atom. The first-order chi connectivity index (χ1) is 14.2. The van der Waals surface area contributed by atoms with E-state index in [1.807, 2.05) is 72.8 Å². The van der Waals surface area contributed by atoms with Crippen molar-refractivity contribution >= 4 is 35.0 Å². The highest BCUT2D eigenvalue weighted by Gasteiger charge is 2.15. The van der Waals surface area contributed by atoms with Gasteiger partial charge in [0.25, 0.3) is 5.91 Å². The minimum atomic E-state index is -0.164. The maximum absolute atomic E-state index is 12.6. The van der Waals surface area contributed by atoms with Crippen molar-refractivity contribution in [2.24, 2.45) is 0 Å². The third-order valence-electron chi connectivity index (χ3n) is 4.16. The van der Waals surface area contributed by atoms with Crippen LogP contribution in [0, 0.1) is 0 Å². The van der Waals surface area contributed by atoms with Crippen molar-refractivity contribution in [2.75, 3.05) is 5.32 Å². The molecule has 1 aromatic heterocycles. The molecule has 1 amide bonds. The lowest BCUT2D eigenvalue weighted by atomic mass is 10.2. The zero-order chi connectivity index (χ0) is 20.1. The summed E-state index contributed by atoms with van der Waals surface area (Å²) in [5.74, 6) is -0.164. The summed E-state index contributed by atoms with van der Waals surface area (Å²) in [4.78, 5) is 17.8. The van der Waals surface area contributed by atoms with Gasteiger partial charge in [-0.3, -0.25) is 4.79 Å². The lowest BCUT2D eigenvalue weighted by molar-refractivity contribution is 0.102. The van der Waals surface area contributed by atoms with Gasteiger partial charge in [-0.05, 0) is 53.2 Å². The first-order valence-corrected chi connectivity index (χ1v) is 10.2. The molecular weight excluding hydrogens is 404 g/mol. The SMILES string of the molecule is O=C(Nc1ccccc1Sc1nc(Cl)nn1Cc1ccccc1)c1ccccc1. The van der Waals surface area contributed by atoms with Gasteiger partial charge in [0, 0.05) is 10.5 Å². The molecule has 1 N–H and O–H groups in total. The minimum absolute atomic E-state index is 0.164. The van der Waals surface area contributed by atoms with E-state index in [0.29, 0.717) is 23.0 Å². The van der Waals surface area contributed by atoms with Crippen molar-refractivity contribution in [1.82, 2.24) is 14.8 Å². The van der Waals surface area contributed by atoms with Crippen LogP contribution in [0.2, 0.25) is 5.28 Å². The molecule has 3 aromatic carbocycles. The van der Waals surface area contributed by atoms with Gasteiger partial charge in [-0.15, -0.1) is 5.10 Å². The van der Waals surface area contributed by atoms with Crippen molar-refractivity contribution < 1.29 is 4.79 Å². The van der Waals surface area contributed by atoms with E-state index in [0.717, 1.165) is 10.5 Å². The largest absolute Gasteiger partial charge is 0.321 e. The van der Waals surface area contributed by atoms with Gasteiger partial charge in [0.2, 0.25) is 5.28 Å². The number of carbonyl (C=O) groups excluding carboxylic acids is 1. The van der Waals surface area contributed by atoms with E-state index in [9.17, 15) is 4.79 Å². The summed E-state index contributed by atoms with van der Waals surface area (Å²) in [6.07, 6.45) is 0. The highest BCUT2D eigenvalue weighted by molar-refractivity contribution is 7.99. The van der Waals surface area contributed by atoms with E-state index in [-0.39, 0.29) is 11.2 Å². The fourth-order valence-electron chi connectivity index (χ4n) is 2.78. The normalized spacial score (nSPS) is 10.7. The van der Waals surface area contributed by atoms with Crippen LogP contribution in [0.25, 0.3) is 0 Å². The van der Waals surface area contributed by atoms with E-state index in [1.54, 1.807) is 16.8 Å². The molecule has 29 heavy (non-hydrogen) atoms. The van der Waals surface area contributed by atoms with Crippen LogP contribution in [0.5, 0.6) is 0 Å². The molecule has 1 heterocycles. The molecule has 0 bridgehead atoms. The summed E-state index contributed by atoms with van der Waals surface area (Å²) in [6.45, 7) is 0.557. The fourth-order valence-corrected chi connectivity index (χ4v) is 3.91. The number of hydrogen-bond donors (Lipinski definition) is 1. The maximum atomic E-state index is 12.6. The molecule has 0 saturated carbocycles. The molecule has 0 fully saturated rings. The number of anilines is 1. The van der Waals surface area contributed by atoms with E-state index >= 15 is 0 Å². The van der Waals surface area contributed by atoms with E-state index in [4.69, 9.17) is 11.6 Å². The number of rotatable bonds is 6. The Kier molecular flexibility index (Phi) is 5.93. The predicted molar refractivity (Wildman–Crippen MR) is 116 cm³/mol. The van der Waals surface area contributed by atoms with Crippen molar-refractivity contribution in [1.29, 1.82) is 0 Å². The van der Waals surface area contributed by atoms with Crippen LogP contribution < -0.4 is 5.32 Å². The van der Waals surface area contributed by atoms with Crippen LogP contribution in [0.4, 0.5) is 5.69 Å². The van der Waals surface area contributed by atoms with Crippen molar-refractivity contribution in [3.63, 3.8) is 0 Å². The smallest absolute Gasteiger partial charge is 0.255 e. The molecule has 4 rings (SSSR count). The standard InChI is InChI=1S/C22H17ClN4OS/c23-21-25-22(27(26-21)15-16-9-3-1-4-10-16)29-19-14-8-7-13-18(19)24-20(28)17-11-5-2-6-12-17/h1-14H,15H2,(H,24,28). The number of para-hydroxylation sites is 1. The first-order valence-electron chi connectivity index (χ1n) is 8.96. The number of nitrogens with one attached hydrogen (secondary N) is 1. The Morgan fingerprint density at radius 2 is 1.59 bits per heavy atom. The number of halogens is 1. The lowest BCUT2D eigenvalue weighted by Gasteiger charge is -2.11. The van der Waals surface area contributed by atoms with Crippen molar-refractivity contribution in [3.8, 4) is 0 Å². The van der Waals surface area contributed by atoms with Gasteiger partial charge in [-0.1, -0.05) is 60.7 Å². The summed E-state index contributed by atoms with van der Waals surface area (Å²) in [6, 6.07) is 26.7. The molecule has 0 aliphatic carbocycles. The van der Waals surface area contributed by atoms with Crippen molar-refractivity contribution in [3.05, 3.63) is 101 Å². The number of amides is 1. The zero-order valence-electron chi connectivity index (χ0n) is 15.3. The maximum Gasteiger partial charge on any atom is 0.255 e. The first kappa shape index (κ1) is 19.2. The summed E-state index contributed by atoms with van der Waals surface area (Å²) in [7, 11) is 0. The third-order valence-corrected chi connectivity index (χ3v) is 5.38. The molecule has 7 heteroatoms.